The summed E-state index contributed by atoms with van der Waals surface area (Å²) in [4.78, 5) is 4.29. The Morgan fingerprint density at radius 3 is 2.35 bits per heavy atom. The summed E-state index contributed by atoms with van der Waals surface area (Å²) < 4.78 is 39.8. The van der Waals surface area contributed by atoms with Crippen LogP contribution in [-0.4, -0.2) is 18.4 Å². The molecule has 7 heteroatoms. The molecule has 20 heavy (non-hydrogen) atoms. The van der Waals surface area contributed by atoms with Crippen LogP contribution in [0.5, 0.6) is 5.75 Å². The van der Waals surface area contributed by atoms with Crippen LogP contribution in [0.3, 0.4) is 0 Å². The third-order valence-corrected chi connectivity index (χ3v) is 3.12. The van der Waals surface area contributed by atoms with E-state index in [9.17, 15) is 13.2 Å². The van der Waals surface area contributed by atoms with Gasteiger partial charge in [0.05, 0.1) is 6.04 Å². The van der Waals surface area contributed by atoms with Gasteiger partial charge in [0.2, 0.25) is 0 Å². The zero-order valence-electron chi connectivity index (χ0n) is 11.2. The topological polar surface area (TPSA) is 59.6 Å². The third kappa shape index (κ3) is 4.04. The molecule has 0 heterocycles. The Kier molecular flexibility index (Phi) is 3.54. The molecule has 4 nitrogen and oxygen atoms in total. The van der Waals surface area contributed by atoms with E-state index < -0.39 is 6.36 Å². The number of anilines is 1. The standard InChI is InChI=1S/C13H16F3N3O/c1-12(2)7-10(12)19-11(17)18-8-3-5-9(6-4-8)20-13(14,15)16/h3-6,10H,7H2,1-2H3,(H3,17,18,19). The smallest absolute Gasteiger partial charge is 0.406 e. The van der Waals surface area contributed by atoms with Crippen LogP contribution >= 0.6 is 0 Å². The van der Waals surface area contributed by atoms with Crippen molar-refractivity contribution >= 4 is 11.6 Å². The monoisotopic (exact) mass is 287 g/mol. The summed E-state index contributed by atoms with van der Waals surface area (Å²) in [6, 6.07) is 5.51. The maximum Gasteiger partial charge on any atom is 0.573 e. The molecule has 0 spiro atoms. The van der Waals surface area contributed by atoms with Gasteiger partial charge < -0.3 is 15.8 Å². The lowest BCUT2D eigenvalue weighted by atomic mass is 10.2. The second-order valence-corrected chi connectivity index (χ2v) is 5.42. The molecule has 3 N–H and O–H groups in total. The first-order valence-corrected chi connectivity index (χ1v) is 6.12. The van der Waals surface area contributed by atoms with Crippen molar-refractivity contribution in [2.45, 2.75) is 32.7 Å². The van der Waals surface area contributed by atoms with E-state index in [0.717, 1.165) is 6.42 Å². The molecule has 0 radical (unpaired) electrons. The van der Waals surface area contributed by atoms with Crippen LogP contribution in [0, 0.1) is 5.41 Å². The van der Waals surface area contributed by atoms with Gasteiger partial charge in [0.25, 0.3) is 0 Å². The predicted octanol–water partition coefficient (Wildman–Crippen LogP) is 3.11. The van der Waals surface area contributed by atoms with Crippen LogP contribution in [0.25, 0.3) is 0 Å². The average Bonchev–Trinajstić information content (AvgIpc) is 2.86. The Labute approximate surface area is 114 Å². The normalized spacial score (nSPS) is 21.4. The van der Waals surface area contributed by atoms with E-state index in [0.29, 0.717) is 5.69 Å². The Bertz CT molecular complexity index is 509. The van der Waals surface area contributed by atoms with E-state index in [2.05, 4.69) is 28.9 Å². The zero-order chi connectivity index (χ0) is 15.0. The summed E-state index contributed by atoms with van der Waals surface area (Å²) in [5, 5.41) is 2.83. The molecular formula is C13H16F3N3O. The van der Waals surface area contributed by atoms with Gasteiger partial charge in [-0.1, -0.05) is 13.8 Å². The second kappa shape index (κ2) is 4.88. The molecule has 2 rings (SSSR count). The molecule has 1 atom stereocenters. The molecule has 1 aromatic rings. The quantitative estimate of drug-likeness (QED) is 0.663. The summed E-state index contributed by atoms with van der Waals surface area (Å²) in [6.45, 7) is 4.19. The first kappa shape index (κ1) is 14.5. The van der Waals surface area contributed by atoms with Crippen LogP contribution in [-0.2, 0) is 0 Å². The fourth-order valence-electron chi connectivity index (χ4n) is 1.75. The lowest BCUT2D eigenvalue weighted by Crippen LogP contribution is -2.23. The largest absolute Gasteiger partial charge is 0.573 e. The highest BCUT2D eigenvalue weighted by atomic mass is 19.4. The molecule has 1 aliphatic carbocycles. The molecule has 0 aromatic heterocycles. The van der Waals surface area contributed by atoms with Crippen LogP contribution < -0.4 is 15.8 Å². The van der Waals surface area contributed by atoms with E-state index in [1.807, 2.05) is 0 Å². The van der Waals surface area contributed by atoms with Crippen molar-refractivity contribution in [2.24, 2.45) is 16.1 Å². The Morgan fingerprint density at radius 2 is 1.90 bits per heavy atom. The summed E-state index contributed by atoms with van der Waals surface area (Å²) in [5.41, 5.74) is 6.47. The minimum atomic E-state index is -4.69. The van der Waals surface area contributed by atoms with Crippen molar-refractivity contribution in [3.63, 3.8) is 0 Å². The first-order chi connectivity index (χ1) is 9.16. The molecular weight excluding hydrogens is 271 g/mol. The van der Waals surface area contributed by atoms with Gasteiger partial charge in [-0.3, -0.25) is 0 Å². The highest BCUT2D eigenvalue weighted by Gasteiger charge is 2.45. The lowest BCUT2D eigenvalue weighted by molar-refractivity contribution is -0.274. The van der Waals surface area contributed by atoms with Gasteiger partial charge in [0, 0.05) is 5.69 Å². The fourth-order valence-corrected chi connectivity index (χ4v) is 1.75. The van der Waals surface area contributed by atoms with Crippen molar-refractivity contribution in [1.29, 1.82) is 0 Å². The van der Waals surface area contributed by atoms with E-state index in [4.69, 9.17) is 5.73 Å². The fraction of sp³-hybridized carbons (Fsp3) is 0.462. The van der Waals surface area contributed by atoms with Crippen molar-refractivity contribution in [3.8, 4) is 5.75 Å². The molecule has 1 saturated carbocycles. The zero-order valence-corrected chi connectivity index (χ0v) is 11.2. The summed E-state index contributed by atoms with van der Waals surface area (Å²) in [7, 11) is 0. The molecule has 110 valence electrons. The van der Waals surface area contributed by atoms with Crippen LogP contribution in [0.2, 0.25) is 0 Å². The van der Waals surface area contributed by atoms with E-state index in [1.54, 1.807) is 0 Å². The number of ether oxygens (including phenoxy) is 1. The number of nitrogens with two attached hydrogens (primary N) is 1. The minimum Gasteiger partial charge on any atom is -0.406 e. The predicted molar refractivity (Wildman–Crippen MR) is 70.6 cm³/mol. The Hall–Kier alpha value is -1.92. The van der Waals surface area contributed by atoms with Gasteiger partial charge in [-0.05, 0) is 36.1 Å². The molecule has 0 aliphatic heterocycles. The van der Waals surface area contributed by atoms with Crippen LogP contribution in [0.4, 0.5) is 18.9 Å². The third-order valence-electron chi connectivity index (χ3n) is 3.12. The van der Waals surface area contributed by atoms with Gasteiger partial charge >= 0.3 is 6.36 Å². The number of benzene rings is 1. The number of halogens is 3. The van der Waals surface area contributed by atoms with Gasteiger partial charge in [0.1, 0.15) is 5.75 Å². The summed E-state index contributed by atoms with van der Waals surface area (Å²) >= 11 is 0. The van der Waals surface area contributed by atoms with Crippen LogP contribution in [0.15, 0.2) is 29.3 Å². The molecule has 0 saturated heterocycles. The first-order valence-electron chi connectivity index (χ1n) is 6.12. The van der Waals surface area contributed by atoms with E-state index >= 15 is 0 Å². The number of nitrogens with one attached hydrogen (secondary N) is 1. The molecule has 0 amide bonds. The summed E-state index contributed by atoms with van der Waals surface area (Å²) in [6.07, 6.45) is -3.71. The highest BCUT2D eigenvalue weighted by molar-refractivity contribution is 5.92. The molecule has 1 aliphatic rings. The van der Waals surface area contributed by atoms with Crippen molar-refractivity contribution in [3.05, 3.63) is 24.3 Å². The minimum absolute atomic E-state index is 0.177. The van der Waals surface area contributed by atoms with Crippen molar-refractivity contribution < 1.29 is 17.9 Å². The van der Waals surface area contributed by atoms with Gasteiger partial charge in [0.15, 0.2) is 5.96 Å². The maximum atomic E-state index is 12.0. The number of rotatable bonds is 3. The number of aliphatic imine (C=N–C) groups is 1. The lowest BCUT2D eigenvalue weighted by Gasteiger charge is -2.10. The molecule has 1 unspecified atom stereocenters. The van der Waals surface area contributed by atoms with Gasteiger partial charge in [-0.15, -0.1) is 13.2 Å². The van der Waals surface area contributed by atoms with Gasteiger partial charge in [-0.2, -0.15) is 0 Å². The highest BCUT2D eigenvalue weighted by Crippen LogP contribution is 2.47. The van der Waals surface area contributed by atoms with Gasteiger partial charge in [-0.25, -0.2) is 4.99 Å². The number of alkyl halides is 3. The summed E-state index contributed by atoms with van der Waals surface area (Å²) in [5.74, 6) is -0.0213. The van der Waals surface area contributed by atoms with Crippen LogP contribution in [0.1, 0.15) is 20.3 Å². The number of guanidine groups is 1. The number of nitrogens with zero attached hydrogens (tertiary/aromatic N) is 1. The van der Waals surface area contributed by atoms with E-state index in [-0.39, 0.29) is 23.2 Å². The molecule has 0 bridgehead atoms. The number of hydrogen-bond acceptors (Lipinski definition) is 2. The second-order valence-electron chi connectivity index (χ2n) is 5.42. The molecule has 1 fully saturated rings. The maximum absolute atomic E-state index is 12.0. The van der Waals surface area contributed by atoms with Crippen molar-refractivity contribution in [2.75, 3.05) is 5.32 Å². The molecule has 1 aromatic carbocycles. The van der Waals surface area contributed by atoms with E-state index in [1.165, 1.54) is 24.3 Å². The SMILES string of the molecule is CC1(C)CC1N=C(N)Nc1ccc(OC(F)(F)F)cc1. The Balaban J connectivity index is 1.94. The average molecular weight is 287 g/mol. The van der Waals surface area contributed by atoms with Crippen molar-refractivity contribution in [1.82, 2.24) is 0 Å². The number of hydrogen-bond donors (Lipinski definition) is 2. The Morgan fingerprint density at radius 1 is 1.35 bits per heavy atom.